The van der Waals surface area contributed by atoms with Crippen LogP contribution in [0.15, 0.2) is 18.2 Å². The summed E-state index contributed by atoms with van der Waals surface area (Å²) in [6.07, 6.45) is 0. The molecule has 0 bridgehead atoms. The van der Waals surface area contributed by atoms with E-state index in [2.05, 4.69) is 45.9 Å². The van der Waals surface area contributed by atoms with Crippen molar-refractivity contribution in [2.45, 2.75) is 33.1 Å². The molecule has 0 N–H and O–H groups in total. The highest BCUT2D eigenvalue weighted by Gasteiger charge is 2.12. The van der Waals surface area contributed by atoms with Crippen molar-refractivity contribution >= 4 is 11.6 Å². The topological polar surface area (TPSA) is 0 Å². The Balaban J connectivity index is 2.97. The van der Waals surface area contributed by atoms with Crippen LogP contribution in [0.4, 0.5) is 0 Å². The predicted molar refractivity (Wildman–Crippen MR) is 59.3 cm³/mol. The average Bonchev–Trinajstić information content (AvgIpc) is 2.08. The molecule has 1 rings (SSSR count). The van der Waals surface area contributed by atoms with E-state index in [4.69, 9.17) is 11.6 Å². The van der Waals surface area contributed by atoms with Crippen molar-refractivity contribution in [1.29, 1.82) is 0 Å². The number of aryl methyl sites for hydroxylation is 2. The molecule has 0 aliphatic heterocycles. The van der Waals surface area contributed by atoms with Gasteiger partial charge < -0.3 is 0 Å². The molecule has 0 aromatic heterocycles. The van der Waals surface area contributed by atoms with E-state index in [0.717, 1.165) is 0 Å². The van der Waals surface area contributed by atoms with E-state index in [0.29, 0.717) is 5.92 Å². The maximum atomic E-state index is 6.27. The zero-order valence-corrected chi connectivity index (χ0v) is 9.52. The maximum Gasteiger partial charge on any atom is 0.0608 e. The molecule has 72 valence electrons. The minimum Gasteiger partial charge on any atom is -0.118 e. The van der Waals surface area contributed by atoms with Gasteiger partial charge in [-0.2, -0.15) is 0 Å². The summed E-state index contributed by atoms with van der Waals surface area (Å²) in [5.74, 6) is 0.490. The van der Waals surface area contributed by atoms with Crippen molar-refractivity contribution in [2.75, 3.05) is 0 Å². The first-order chi connectivity index (χ1) is 6.02. The Bertz CT molecular complexity index is 289. The second kappa shape index (κ2) is 4.15. The third-order valence-electron chi connectivity index (χ3n) is 2.43. The molecule has 1 aromatic rings. The molecule has 0 spiro atoms. The number of alkyl halides is 1. The molecule has 0 aliphatic rings. The molecule has 1 heteroatoms. The number of hydrogen-bond donors (Lipinski definition) is 0. The summed E-state index contributed by atoms with van der Waals surface area (Å²) in [6.45, 7) is 8.54. The summed E-state index contributed by atoms with van der Waals surface area (Å²) >= 11 is 6.27. The van der Waals surface area contributed by atoms with Gasteiger partial charge in [-0.05, 0) is 36.5 Å². The van der Waals surface area contributed by atoms with Crippen LogP contribution in [0.1, 0.15) is 35.9 Å². The summed E-state index contributed by atoms with van der Waals surface area (Å²) in [7, 11) is 0. The molecule has 1 aromatic carbocycles. The molecule has 1 atom stereocenters. The number of benzene rings is 1. The first-order valence-corrected chi connectivity index (χ1v) is 5.17. The van der Waals surface area contributed by atoms with Crippen molar-refractivity contribution in [3.63, 3.8) is 0 Å². The second-order valence-corrected chi connectivity index (χ2v) is 4.46. The van der Waals surface area contributed by atoms with Crippen LogP contribution in [0.2, 0.25) is 0 Å². The summed E-state index contributed by atoms with van der Waals surface area (Å²) in [5.41, 5.74) is 3.89. The summed E-state index contributed by atoms with van der Waals surface area (Å²) in [6, 6.07) is 6.45. The predicted octanol–water partition coefficient (Wildman–Crippen LogP) is 4.24. The lowest BCUT2D eigenvalue weighted by molar-refractivity contribution is 0.624. The van der Waals surface area contributed by atoms with Crippen LogP contribution >= 0.6 is 11.6 Å². The number of rotatable bonds is 2. The molecule has 0 nitrogen and oxygen atoms in total. The molecule has 0 saturated carbocycles. The van der Waals surface area contributed by atoms with Crippen LogP contribution in [-0.2, 0) is 0 Å². The Morgan fingerprint density at radius 3 is 2.15 bits per heavy atom. The standard InChI is InChI=1S/C12H17Cl/c1-8(2)12(13)11-6-5-9(3)10(4)7-11/h5-8,12H,1-4H3. The number of hydrogen-bond acceptors (Lipinski definition) is 0. The molecule has 0 amide bonds. The molecular formula is C12H17Cl. The fourth-order valence-electron chi connectivity index (χ4n) is 1.32. The maximum absolute atomic E-state index is 6.27. The normalized spacial score (nSPS) is 13.4. The average molecular weight is 197 g/mol. The highest BCUT2D eigenvalue weighted by Crippen LogP contribution is 2.29. The molecule has 0 fully saturated rings. The monoisotopic (exact) mass is 196 g/mol. The van der Waals surface area contributed by atoms with E-state index in [1.165, 1.54) is 16.7 Å². The fraction of sp³-hybridized carbons (Fsp3) is 0.500. The Morgan fingerprint density at radius 2 is 1.69 bits per heavy atom. The minimum atomic E-state index is 0.138. The van der Waals surface area contributed by atoms with Gasteiger partial charge in [-0.15, -0.1) is 11.6 Å². The summed E-state index contributed by atoms with van der Waals surface area (Å²) in [4.78, 5) is 0. The van der Waals surface area contributed by atoms with Crippen LogP contribution in [0.3, 0.4) is 0 Å². The molecule has 13 heavy (non-hydrogen) atoms. The van der Waals surface area contributed by atoms with Gasteiger partial charge in [0.25, 0.3) is 0 Å². The minimum absolute atomic E-state index is 0.138. The second-order valence-electron chi connectivity index (χ2n) is 3.99. The van der Waals surface area contributed by atoms with Crippen LogP contribution in [0.5, 0.6) is 0 Å². The fourth-order valence-corrected chi connectivity index (χ4v) is 1.46. The Morgan fingerprint density at radius 1 is 1.08 bits per heavy atom. The van der Waals surface area contributed by atoms with Crippen LogP contribution in [0, 0.1) is 19.8 Å². The Labute approximate surface area is 85.9 Å². The molecule has 0 heterocycles. The highest BCUT2D eigenvalue weighted by atomic mass is 35.5. The van der Waals surface area contributed by atoms with Gasteiger partial charge in [0, 0.05) is 0 Å². The summed E-state index contributed by atoms with van der Waals surface area (Å²) < 4.78 is 0. The zero-order valence-electron chi connectivity index (χ0n) is 8.76. The van der Waals surface area contributed by atoms with Crippen LogP contribution in [0.25, 0.3) is 0 Å². The molecule has 0 radical (unpaired) electrons. The number of halogens is 1. The van der Waals surface area contributed by atoms with E-state index in [-0.39, 0.29) is 5.38 Å². The quantitative estimate of drug-likeness (QED) is 0.621. The van der Waals surface area contributed by atoms with E-state index < -0.39 is 0 Å². The van der Waals surface area contributed by atoms with Crippen molar-refractivity contribution < 1.29 is 0 Å². The van der Waals surface area contributed by atoms with Crippen molar-refractivity contribution in [2.24, 2.45) is 5.92 Å². The lowest BCUT2D eigenvalue weighted by atomic mass is 9.98. The largest absolute Gasteiger partial charge is 0.118 e. The third kappa shape index (κ3) is 2.47. The SMILES string of the molecule is Cc1ccc(C(Cl)C(C)C)cc1C. The van der Waals surface area contributed by atoms with Crippen molar-refractivity contribution in [3.8, 4) is 0 Å². The smallest absolute Gasteiger partial charge is 0.0608 e. The zero-order chi connectivity index (χ0) is 10.0. The van der Waals surface area contributed by atoms with E-state index >= 15 is 0 Å². The Hall–Kier alpha value is -0.490. The van der Waals surface area contributed by atoms with Gasteiger partial charge in [0.15, 0.2) is 0 Å². The molecule has 0 aliphatic carbocycles. The van der Waals surface area contributed by atoms with E-state index in [9.17, 15) is 0 Å². The van der Waals surface area contributed by atoms with E-state index in [1.807, 2.05) is 0 Å². The van der Waals surface area contributed by atoms with Gasteiger partial charge in [0.2, 0.25) is 0 Å². The van der Waals surface area contributed by atoms with Crippen LogP contribution in [-0.4, -0.2) is 0 Å². The van der Waals surface area contributed by atoms with Crippen LogP contribution < -0.4 is 0 Å². The van der Waals surface area contributed by atoms with Gasteiger partial charge in [0.1, 0.15) is 0 Å². The van der Waals surface area contributed by atoms with Crippen molar-refractivity contribution in [1.82, 2.24) is 0 Å². The van der Waals surface area contributed by atoms with Gasteiger partial charge in [-0.25, -0.2) is 0 Å². The third-order valence-corrected chi connectivity index (χ3v) is 3.19. The lowest BCUT2D eigenvalue weighted by Crippen LogP contribution is -1.99. The molecular weight excluding hydrogens is 180 g/mol. The highest BCUT2D eigenvalue weighted by molar-refractivity contribution is 6.20. The van der Waals surface area contributed by atoms with Gasteiger partial charge in [-0.1, -0.05) is 32.0 Å². The first kappa shape index (κ1) is 10.6. The molecule has 0 saturated heterocycles. The molecule has 1 unspecified atom stereocenters. The first-order valence-electron chi connectivity index (χ1n) is 4.73. The summed E-state index contributed by atoms with van der Waals surface area (Å²) in [5, 5.41) is 0.138. The van der Waals surface area contributed by atoms with Gasteiger partial charge in [0.05, 0.1) is 5.38 Å². The van der Waals surface area contributed by atoms with E-state index in [1.54, 1.807) is 0 Å². The van der Waals surface area contributed by atoms with Crippen molar-refractivity contribution in [3.05, 3.63) is 34.9 Å². The van der Waals surface area contributed by atoms with Gasteiger partial charge >= 0.3 is 0 Å². The Kier molecular flexibility index (Phi) is 3.38. The van der Waals surface area contributed by atoms with Gasteiger partial charge in [-0.3, -0.25) is 0 Å². The lowest BCUT2D eigenvalue weighted by Gasteiger charge is -2.14.